The number of nitrogen functional groups attached to an aromatic ring is 2. The summed E-state index contributed by atoms with van der Waals surface area (Å²) in [6.07, 6.45) is 1.70. The van der Waals surface area contributed by atoms with Crippen LogP contribution in [0.5, 0.6) is 5.75 Å². The molecule has 0 unspecified atom stereocenters. The van der Waals surface area contributed by atoms with Gasteiger partial charge in [-0.15, -0.1) is 0 Å². The highest BCUT2D eigenvalue weighted by atomic mass is 16.3. The van der Waals surface area contributed by atoms with Crippen LogP contribution in [0.2, 0.25) is 0 Å². The summed E-state index contributed by atoms with van der Waals surface area (Å²) >= 11 is 0. The van der Waals surface area contributed by atoms with Crippen LogP contribution in [0.15, 0.2) is 36.5 Å². The van der Waals surface area contributed by atoms with E-state index in [2.05, 4.69) is 0 Å². The Kier molecular flexibility index (Phi) is 1.81. The van der Waals surface area contributed by atoms with E-state index in [9.17, 15) is 5.11 Å². The van der Waals surface area contributed by atoms with Crippen molar-refractivity contribution < 1.29 is 5.11 Å². The molecule has 0 atom stereocenters. The Morgan fingerprint density at radius 3 is 2.14 bits per heavy atom. The van der Waals surface area contributed by atoms with Crippen molar-refractivity contribution in [2.45, 2.75) is 0 Å². The summed E-state index contributed by atoms with van der Waals surface area (Å²) in [5.41, 5.74) is 12.8. The fraction of sp³-hybridized carbons (Fsp3) is 0. The summed E-state index contributed by atoms with van der Waals surface area (Å²) in [5, 5.41) is 9.29. The second-order valence-corrected chi connectivity index (χ2v) is 3.05. The minimum Gasteiger partial charge on any atom is -0.504 e. The predicted octanol–water partition coefficient (Wildman–Crippen LogP) is 1.35. The van der Waals surface area contributed by atoms with Gasteiger partial charge in [-0.25, -0.2) is 0 Å². The number of hydrogen-bond donors (Lipinski definition) is 3. The van der Waals surface area contributed by atoms with Crippen LogP contribution < -0.4 is 11.5 Å². The van der Waals surface area contributed by atoms with Gasteiger partial charge in [0.1, 0.15) is 0 Å². The molecule has 0 bridgehead atoms. The van der Waals surface area contributed by atoms with Gasteiger partial charge in [0.15, 0.2) is 11.6 Å². The van der Waals surface area contributed by atoms with Crippen molar-refractivity contribution >= 4 is 11.5 Å². The van der Waals surface area contributed by atoms with Gasteiger partial charge in [-0.2, -0.15) is 0 Å². The monoisotopic (exact) mass is 189 g/mol. The first-order valence-corrected chi connectivity index (χ1v) is 4.20. The lowest BCUT2D eigenvalue weighted by Crippen LogP contribution is -1.98. The molecule has 2 rings (SSSR count). The first kappa shape index (κ1) is 8.50. The van der Waals surface area contributed by atoms with Gasteiger partial charge >= 0.3 is 0 Å². The molecule has 0 saturated heterocycles. The number of benzene rings is 1. The molecule has 0 saturated carbocycles. The van der Waals surface area contributed by atoms with Gasteiger partial charge in [-0.1, -0.05) is 0 Å². The summed E-state index contributed by atoms with van der Waals surface area (Å²) in [7, 11) is 0. The molecule has 0 spiro atoms. The number of aromatic nitrogens is 1. The zero-order valence-corrected chi connectivity index (χ0v) is 7.51. The van der Waals surface area contributed by atoms with Crippen molar-refractivity contribution in [3.8, 4) is 11.4 Å². The molecular weight excluding hydrogens is 178 g/mol. The van der Waals surface area contributed by atoms with Crippen molar-refractivity contribution in [2.75, 3.05) is 11.5 Å². The Bertz CT molecular complexity index is 445. The molecule has 1 aromatic carbocycles. The molecule has 5 N–H and O–H groups in total. The van der Waals surface area contributed by atoms with E-state index in [1.54, 1.807) is 29.0 Å². The second kappa shape index (κ2) is 2.99. The van der Waals surface area contributed by atoms with Crippen LogP contribution in [-0.4, -0.2) is 9.67 Å². The van der Waals surface area contributed by atoms with Gasteiger partial charge in [0, 0.05) is 23.6 Å². The third-order valence-corrected chi connectivity index (χ3v) is 2.07. The Morgan fingerprint density at radius 2 is 1.64 bits per heavy atom. The van der Waals surface area contributed by atoms with E-state index in [0.29, 0.717) is 11.5 Å². The minimum atomic E-state index is 0.0850. The topological polar surface area (TPSA) is 77.2 Å². The van der Waals surface area contributed by atoms with E-state index in [-0.39, 0.29) is 5.75 Å². The minimum absolute atomic E-state index is 0.0850. The highest BCUT2D eigenvalue weighted by Gasteiger charge is 2.04. The van der Waals surface area contributed by atoms with E-state index < -0.39 is 0 Å². The van der Waals surface area contributed by atoms with Crippen molar-refractivity contribution in [2.24, 2.45) is 0 Å². The summed E-state index contributed by atoms with van der Waals surface area (Å²) in [5.74, 6) is 0.414. The van der Waals surface area contributed by atoms with Gasteiger partial charge < -0.3 is 21.1 Å². The van der Waals surface area contributed by atoms with Crippen LogP contribution in [0, 0.1) is 0 Å². The smallest absolute Gasteiger partial charge is 0.157 e. The quantitative estimate of drug-likeness (QED) is 0.592. The van der Waals surface area contributed by atoms with Crippen LogP contribution in [0.25, 0.3) is 5.69 Å². The first-order chi connectivity index (χ1) is 6.68. The van der Waals surface area contributed by atoms with E-state index in [1.807, 2.05) is 12.1 Å². The lowest BCUT2D eigenvalue weighted by atomic mass is 10.3. The molecular formula is C10H11N3O. The molecule has 1 heterocycles. The van der Waals surface area contributed by atoms with Gasteiger partial charge in [0.05, 0.1) is 0 Å². The van der Waals surface area contributed by atoms with Gasteiger partial charge in [-0.05, 0) is 24.3 Å². The van der Waals surface area contributed by atoms with Crippen molar-refractivity contribution in [3.63, 3.8) is 0 Å². The van der Waals surface area contributed by atoms with Crippen molar-refractivity contribution in [1.29, 1.82) is 0 Å². The molecule has 0 radical (unpaired) electrons. The number of hydrogen-bond acceptors (Lipinski definition) is 3. The number of nitrogens with two attached hydrogens (primary N) is 2. The maximum Gasteiger partial charge on any atom is 0.157 e. The summed E-state index contributed by atoms with van der Waals surface area (Å²) in [6.45, 7) is 0. The standard InChI is InChI=1S/C10H11N3O/c11-7-1-3-8(4-2-7)13-6-5-9(14)10(13)12/h1-6,14H,11-12H2. The van der Waals surface area contributed by atoms with Gasteiger partial charge in [-0.3, -0.25) is 0 Å². The number of anilines is 2. The van der Waals surface area contributed by atoms with Crippen molar-refractivity contribution in [1.82, 2.24) is 4.57 Å². The average Bonchev–Trinajstić information content (AvgIpc) is 2.50. The van der Waals surface area contributed by atoms with Crippen LogP contribution in [0.1, 0.15) is 0 Å². The zero-order valence-electron chi connectivity index (χ0n) is 7.51. The summed E-state index contributed by atoms with van der Waals surface area (Å²) in [6, 6.07) is 8.79. The zero-order chi connectivity index (χ0) is 10.1. The van der Waals surface area contributed by atoms with Gasteiger partial charge in [0.2, 0.25) is 0 Å². The van der Waals surface area contributed by atoms with E-state index in [1.165, 1.54) is 0 Å². The van der Waals surface area contributed by atoms with Crippen LogP contribution in [-0.2, 0) is 0 Å². The number of aromatic hydroxyl groups is 1. The van der Waals surface area contributed by atoms with Crippen LogP contribution in [0.3, 0.4) is 0 Å². The summed E-state index contributed by atoms with van der Waals surface area (Å²) < 4.78 is 1.69. The Labute approximate surface area is 81.4 Å². The van der Waals surface area contributed by atoms with E-state index in [4.69, 9.17) is 11.5 Å². The Balaban J connectivity index is 2.49. The molecule has 72 valence electrons. The molecule has 14 heavy (non-hydrogen) atoms. The number of nitrogens with zero attached hydrogens (tertiary/aromatic N) is 1. The molecule has 2 aromatic rings. The number of rotatable bonds is 1. The normalized spacial score (nSPS) is 10.3. The summed E-state index contributed by atoms with van der Waals surface area (Å²) in [4.78, 5) is 0. The van der Waals surface area contributed by atoms with Gasteiger partial charge in [0.25, 0.3) is 0 Å². The molecule has 0 aliphatic carbocycles. The maximum absolute atomic E-state index is 9.29. The predicted molar refractivity (Wildman–Crippen MR) is 56.3 cm³/mol. The molecule has 4 heteroatoms. The largest absolute Gasteiger partial charge is 0.504 e. The molecule has 0 aliphatic rings. The molecule has 1 aromatic heterocycles. The highest BCUT2D eigenvalue weighted by Crippen LogP contribution is 2.24. The van der Waals surface area contributed by atoms with Crippen LogP contribution >= 0.6 is 0 Å². The van der Waals surface area contributed by atoms with E-state index >= 15 is 0 Å². The molecule has 0 fully saturated rings. The Hall–Kier alpha value is -2.10. The lowest BCUT2D eigenvalue weighted by molar-refractivity contribution is 0.478. The molecule has 0 aliphatic heterocycles. The fourth-order valence-corrected chi connectivity index (χ4v) is 1.29. The highest BCUT2D eigenvalue weighted by molar-refractivity contribution is 5.55. The van der Waals surface area contributed by atoms with Crippen molar-refractivity contribution in [3.05, 3.63) is 36.5 Å². The first-order valence-electron chi connectivity index (χ1n) is 4.20. The lowest BCUT2D eigenvalue weighted by Gasteiger charge is -2.05. The third-order valence-electron chi connectivity index (χ3n) is 2.07. The maximum atomic E-state index is 9.29. The molecule has 4 nitrogen and oxygen atoms in total. The molecule has 0 amide bonds. The Morgan fingerprint density at radius 1 is 1.00 bits per heavy atom. The SMILES string of the molecule is Nc1ccc(-n2ccc(O)c2N)cc1. The third kappa shape index (κ3) is 1.26. The average molecular weight is 189 g/mol. The van der Waals surface area contributed by atoms with Crippen LogP contribution in [0.4, 0.5) is 11.5 Å². The van der Waals surface area contributed by atoms with E-state index in [0.717, 1.165) is 5.69 Å². The fourth-order valence-electron chi connectivity index (χ4n) is 1.29. The second-order valence-electron chi connectivity index (χ2n) is 3.05.